The van der Waals surface area contributed by atoms with Crippen LogP contribution in [0, 0.1) is 0 Å². The summed E-state index contributed by atoms with van der Waals surface area (Å²) in [6.45, 7) is 6.32. The van der Waals surface area contributed by atoms with E-state index in [-0.39, 0.29) is 18.4 Å². The van der Waals surface area contributed by atoms with E-state index in [1.165, 1.54) is 0 Å². The number of nitrogens with one attached hydrogen (secondary N) is 1. The van der Waals surface area contributed by atoms with E-state index in [0.29, 0.717) is 18.9 Å². The Balaban J connectivity index is 1.72. The van der Waals surface area contributed by atoms with Crippen molar-refractivity contribution in [2.24, 2.45) is 0 Å². The lowest BCUT2D eigenvalue weighted by molar-refractivity contribution is -0.130. The highest BCUT2D eigenvalue weighted by molar-refractivity contribution is 5.80. The summed E-state index contributed by atoms with van der Waals surface area (Å²) < 4.78 is 5.67. The lowest BCUT2D eigenvalue weighted by Crippen LogP contribution is -2.34. The Hall–Kier alpha value is -2.04. The summed E-state index contributed by atoms with van der Waals surface area (Å²) in [5.41, 5.74) is 1.12. The van der Waals surface area contributed by atoms with E-state index >= 15 is 0 Å². The first kappa shape index (κ1) is 18.3. The molecule has 24 heavy (non-hydrogen) atoms. The Morgan fingerprint density at radius 2 is 1.96 bits per heavy atom. The molecule has 0 aliphatic carbocycles. The largest absolute Gasteiger partial charge is 0.483 e. The minimum Gasteiger partial charge on any atom is -0.483 e. The Morgan fingerprint density at radius 3 is 2.67 bits per heavy atom. The Morgan fingerprint density at radius 1 is 1.25 bits per heavy atom. The van der Waals surface area contributed by atoms with Gasteiger partial charge in [-0.25, -0.2) is 0 Å². The Labute approximate surface area is 144 Å². The van der Waals surface area contributed by atoms with Gasteiger partial charge in [0, 0.05) is 26.1 Å². The van der Waals surface area contributed by atoms with Gasteiger partial charge in [0.1, 0.15) is 5.75 Å². The van der Waals surface area contributed by atoms with Crippen LogP contribution >= 0.6 is 0 Å². The maximum atomic E-state index is 11.9. The van der Waals surface area contributed by atoms with Gasteiger partial charge in [0.2, 0.25) is 5.91 Å². The zero-order chi connectivity index (χ0) is 17.4. The number of rotatable bonds is 8. The molecule has 1 atom stereocenters. The summed E-state index contributed by atoms with van der Waals surface area (Å²) in [7, 11) is 0. The number of ether oxygens (including phenoxy) is 1. The van der Waals surface area contributed by atoms with Crippen LogP contribution in [0.25, 0.3) is 0 Å². The van der Waals surface area contributed by atoms with Crippen LogP contribution in [-0.4, -0.2) is 43.0 Å². The monoisotopic (exact) mass is 332 g/mol. The number of hydrogen-bond acceptors (Lipinski definition) is 3. The van der Waals surface area contributed by atoms with Crippen LogP contribution in [0.4, 0.5) is 0 Å². The molecular weight excluding hydrogens is 304 g/mol. The topological polar surface area (TPSA) is 58.6 Å². The van der Waals surface area contributed by atoms with Crippen LogP contribution < -0.4 is 10.1 Å². The van der Waals surface area contributed by atoms with Crippen LogP contribution in [0.15, 0.2) is 24.3 Å². The predicted octanol–water partition coefficient (Wildman–Crippen LogP) is 2.71. The number of carbonyl (C=O) groups is 2. The minimum atomic E-state index is -0.192. The summed E-state index contributed by atoms with van der Waals surface area (Å²) in [6.07, 6.45) is 3.55. The average Bonchev–Trinajstić information content (AvgIpc) is 3.14. The number of para-hydroxylation sites is 1. The highest BCUT2D eigenvalue weighted by atomic mass is 16.5. The van der Waals surface area contributed by atoms with Crippen molar-refractivity contribution < 1.29 is 14.3 Å². The van der Waals surface area contributed by atoms with Gasteiger partial charge in [0.15, 0.2) is 6.61 Å². The third-order valence-electron chi connectivity index (χ3n) is 4.54. The second-order valence-electron chi connectivity index (χ2n) is 6.32. The summed E-state index contributed by atoms with van der Waals surface area (Å²) in [4.78, 5) is 25.7. The standard InChI is InChI=1S/C19H28N2O3/c1-3-15(2)16-8-4-5-9-17(16)24-14-18(22)20-11-10-19(23)21-12-6-7-13-21/h4-5,8-9,15H,3,6-7,10-14H2,1-2H3,(H,20,22). The maximum absolute atomic E-state index is 11.9. The molecule has 1 unspecified atom stereocenters. The first-order chi connectivity index (χ1) is 11.6. The fraction of sp³-hybridized carbons (Fsp3) is 0.579. The second-order valence-corrected chi connectivity index (χ2v) is 6.32. The lowest BCUT2D eigenvalue weighted by Gasteiger charge is -2.16. The van der Waals surface area contributed by atoms with Crippen molar-refractivity contribution in [1.82, 2.24) is 10.2 Å². The molecule has 1 saturated heterocycles. The predicted molar refractivity (Wildman–Crippen MR) is 94.1 cm³/mol. The van der Waals surface area contributed by atoms with Gasteiger partial charge in [-0.2, -0.15) is 0 Å². The van der Waals surface area contributed by atoms with Crippen molar-refractivity contribution in [3.63, 3.8) is 0 Å². The number of benzene rings is 1. The molecular formula is C19H28N2O3. The van der Waals surface area contributed by atoms with Crippen molar-refractivity contribution >= 4 is 11.8 Å². The number of likely N-dealkylation sites (tertiary alicyclic amines) is 1. The zero-order valence-electron chi connectivity index (χ0n) is 14.7. The fourth-order valence-corrected chi connectivity index (χ4v) is 2.87. The molecule has 1 aliphatic rings. The molecule has 0 bridgehead atoms. The van der Waals surface area contributed by atoms with Crippen molar-refractivity contribution in [3.8, 4) is 5.75 Å². The first-order valence-corrected chi connectivity index (χ1v) is 8.88. The molecule has 5 heteroatoms. The normalized spacial score (nSPS) is 15.2. The van der Waals surface area contributed by atoms with Gasteiger partial charge in [-0.05, 0) is 36.8 Å². The van der Waals surface area contributed by atoms with Crippen molar-refractivity contribution in [2.45, 2.75) is 45.4 Å². The van der Waals surface area contributed by atoms with E-state index in [4.69, 9.17) is 4.74 Å². The Bertz CT molecular complexity index is 553. The minimum absolute atomic E-state index is 0.0225. The lowest BCUT2D eigenvalue weighted by atomic mass is 9.98. The van der Waals surface area contributed by atoms with Crippen LogP contribution in [-0.2, 0) is 9.59 Å². The van der Waals surface area contributed by atoms with Gasteiger partial charge in [-0.1, -0.05) is 32.0 Å². The number of carbonyl (C=O) groups excluding carboxylic acids is 2. The van der Waals surface area contributed by atoms with Crippen molar-refractivity contribution in [3.05, 3.63) is 29.8 Å². The molecule has 5 nitrogen and oxygen atoms in total. The summed E-state index contributed by atoms with van der Waals surface area (Å²) >= 11 is 0. The van der Waals surface area contributed by atoms with E-state index in [1.807, 2.05) is 29.2 Å². The van der Waals surface area contributed by atoms with Gasteiger partial charge in [0.05, 0.1) is 0 Å². The van der Waals surface area contributed by atoms with Gasteiger partial charge in [-0.15, -0.1) is 0 Å². The molecule has 1 N–H and O–H groups in total. The summed E-state index contributed by atoms with van der Waals surface area (Å²) in [5, 5.41) is 2.76. The molecule has 0 spiro atoms. The molecule has 2 rings (SSSR count). The molecule has 0 saturated carbocycles. The van der Waals surface area contributed by atoms with Crippen molar-refractivity contribution in [2.75, 3.05) is 26.2 Å². The van der Waals surface area contributed by atoms with Crippen molar-refractivity contribution in [1.29, 1.82) is 0 Å². The van der Waals surface area contributed by atoms with E-state index in [9.17, 15) is 9.59 Å². The third kappa shape index (κ3) is 5.25. The van der Waals surface area contributed by atoms with Gasteiger partial charge in [0.25, 0.3) is 5.91 Å². The van der Waals surface area contributed by atoms with Gasteiger partial charge in [-0.3, -0.25) is 9.59 Å². The third-order valence-corrected chi connectivity index (χ3v) is 4.54. The van der Waals surface area contributed by atoms with E-state index in [2.05, 4.69) is 19.2 Å². The highest BCUT2D eigenvalue weighted by Gasteiger charge is 2.17. The van der Waals surface area contributed by atoms with Gasteiger partial charge < -0.3 is 15.0 Å². The van der Waals surface area contributed by atoms with Crippen LogP contribution in [0.5, 0.6) is 5.75 Å². The van der Waals surface area contributed by atoms with Crippen LogP contribution in [0.2, 0.25) is 0 Å². The first-order valence-electron chi connectivity index (χ1n) is 8.88. The van der Waals surface area contributed by atoms with Crippen LogP contribution in [0.1, 0.15) is 51.0 Å². The van der Waals surface area contributed by atoms with Crippen LogP contribution in [0.3, 0.4) is 0 Å². The average molecular weight is 332 g/mol. The maximum Gasteiger partial charge on any atom is 0.257 e. The Kier molecular flexibility index (Phi) is 7.09. The molecule has 1 aliphatic heterocycles. The van der Waals surface area contributed by atoms with Gasteiger partial charge >= 0.3 is 0 Å². The number of hydrogen-bond donors (Lipinski definition) is 1. The van der Waals surface area contributed by atoms with E-state index < -0.39 is 0 Å². The molecule has 1 aromatic carbocycles. The zero-order valence-corrected chi connectivity index (χ0v) is 14.7. The van der Waals surface area contributed by atoms with E-state index in [0.717, 1.165) is 43.7 Å². The number of nitrogens with zero attached hydrogens (tertiary/aromatic N) is 1. The molecule has 2 amide bonds. The molecule has 1 heterocycles. The smallest absolute Gasteiger partial charge is 0.257 e. The molecule has 0 aromatic heterocycles. The summed E-state index contributed by atoms with van der Waals surface area (Å²) in [6, 6.07) is 7.83. The molecule has 1 aromatic rings. The molecule has 1 fully saturated rings. The molecule has 0 radical (unpaired) electrons. The fourth-order valence-electron chi connectivity index (χ4n) is 2.87. The SMILES string of the molecule is CCC(C)c1ccccc1OCC(=O)NCCC(=O)N1CCCC1. The quantitative estimate of drug-likeness (QED) is 0.796. The summed E-state index contributed by atoms with van der Waals surface area (Å²) in [5.74, 6) is 1.08. The van der Waals surface area contributed by atoms with E-state index in [1.54, 1.807) is 0 Å². The highest BCUT2D eigenvalue weighted by Crippen LogP contribution is 2.28. The number of amides is 2. The second kappa shape index (κ2) is 9.30. The molecule has 132 valence electrons.